The summed E-state index contributed by atoms with van der Waals surface area (Å²) < 4.78 is 0. The van der Waals surface area contributed by atoms with Crippen molar-refractivity contribution < 1.29 is 0 Å². The van der Waals surface area contributed by atoms with Crippen LogP contribution >= 0.6 is 0 Å². The minimum atomic E-state index is 0.514. The van der Waals surface area contributed by atoms with Crippen molar-refractivity contribution in [2.45, 2.75) is 46.6 Å². The van der Waals surface area contributed by atoms with Crippen molar-refractivity contribution >= 4 is 0 Å². The Kier molecular flexibility index (Phi) is 1.99. The molecule has 0 aromatic rings. The van der Waals surface area contributed by atoms with Crippen LogP contribution in [0.1, 0.15) is 40.5 Å². The molecule has 0 saturated heterocycles. The van der Waals surface area contributed by atoms with Crippen LogP contribution in [0.4, 0.5) is 0 Å². The molecule has 4 atom stereocenters. The van der Waals surface area contributed by atoms with Gasteiger partial charge in [0.05, 0.1) is 0 Å². The van der Waals surface area contributed by atoms with Gasteiger partial charge >= 0.3 is 0 Å². The zero-order valence-electron chi connectivity index (χ0n) is 9.38. The van der Waals surface area contributed by atoms with Crippen LogP contribution in [0.5, 0.6) is 0 Å². The Hall–Kier alpha value is -0.0400. The standard InChI is InChI=1S/C12H23N/c1-7(2)9-5-12(11(9)13)6-10(12)8(3)4/h7-11H,5-6,13H2,1-4H3. The highest BCUT2D eigenvalue weighted by Crippen LogP contribution is 2.70. The summed E-state index contributed by atoms with van der Waals surface area (Å²) >= 11 is 0. The third-order valence-electron chi connectivity index (χ3n) is 4.58. The fraction of sp³-hybridized carbons (Fsp3) is 1.00. The molecular weight excluding hydrogens is 158 g/mol. The van der Waals surface area contributed by atoms with E-state index in [0.717, 1.165) is 23.7 Å². The molecule has 1 spiro atoms. The van der Waals surface area contributed by atoms with E-state index in [2.05, 4.69) is 27.7 Å². The lowest BCUT2D eigenvalue weighted by molar-refractivity contribution is 0.0586. The first-order chi connectivity index (χ1) is 5.99. The summed E-state index contributed by atoms with van der Waals surface area (Å²) in [7, 11) is 0. The Bertz CT molecular complexity index is 203. The monoisotopic (exact) mass is 181 g/mol. The Morgan fingerprint density at radius 1 is 1.08 bits per heavy atom. The summed E-state index contributed by atoms with van der Waals surface area (Å²) in [5.74, 6) is 3.38. The lowest BCUT2D eigenvalue weighted by Gasteiger charge is -2.47. The molecule has 0 amide bonds. The largest absolute Gasteiger partial charge is 0.327 e. The van der Waals surface area contributed by atoms with Crippen LogP contribution in [0.3, 0.4) is 0 Å². The number of hydrogen-bond donors (Lipinski definition) is 1. The first kappa shape index (κ1) is 9.51. The maximum absolute atomic E-state index is 6.29. The van der Waals surface area contributed by atoms with Crippen LogP contribution in [0.15, 0.2) is 0 Å². The molecule has 0 aromatic heterocycles. The maximum atomic E-state index is 6.29. The lowest BCUT2D eigenvalue weighted by Crippen LogP contribution is -2.53. The van der Waals surface area contributed by atoms with Crippen LogP contribution in [0.25, 0.3) is 0 Å². The van der Waals surface area contributed by atoms with Crippen molar-refractivity contribution in [2.75, 3.05) is 0 Å². The lowest BCUT2D eigenvalue weighted by atomic mass is 9.61. The van der Waals surface area contributed by atoms with E-state index in [9.17, 15) is 0 Å². The molecule has 2 aliphatic rings. The van der Waals surface area contributed by atoms with Crippen LogP contribution < -0.4 is 5.73 Å². The number of rotatable bonds is 2. The van der Waals surface area contributed by atoms with Crippen molar-refractivity contribution in [3.63, 3.8) is 0 Å². The fourth-order valence-corrected chi connectivity index (χ4v) is 3.49. The summed E-state index contributed by atoms with van der Waals surface area (Å²) in [6, 6.07) is 0.514. The van der Waals surface area contributed by atoms with Gasteiger partial charge in [0.15, 0.2) is 0 Å². The third kappa shape index (κ3) is 1.16. The molecule has 13 heavy (non-hydrogen) atoms. The molecule has 2 N–H and O–H groups in total. The van der Waals surface area contributed by atoms with E-state index in [1.807, 2.05) is 0 Å². The van der Waals surface area contributed by atoms with Crippen molar-refractivity contribution in [2.24, 2.45) is 34.8 Å². The topological polar surface area (TPSA) is 26.0 Å². The van der Waals surface area contributed by atoms with Gasteiger partial charge in [0, 0.05) is 6.04 Å². The molecule has 0 aromatic carbocycles. The Morgan fingerprint density at radius 2 is 1.69 bits per heavy atom. The van der Waals surface area contributed by atoms with Crippen LogP contribution in [0.2, 0.25) is 0 Å². The third-order valence-corrected chi connectivity index (χ3v) is 4.58. The summed E-state index contributed by atoms with van der Waals surface area (Å²) in [4.78, 5) is 0. The highest BCUT2D eigenvalue weighted by molar-refractivity contribution is 5.18. The van der Waals surface area contributed by atoms with Gasteiger partial charge in [0.25, 0.3) is 0 Å². The smallest absolute Gasteiger partial charge is 0.0130 e. The van der Waals surface area contributed by atoms with Crippen molar-refractivity contribution in [3.05, 3.63) is 0 Å². The van der Waals surface area contributed by atoms with Gasteiger partial charge in [-0.3, -0.25) is 0 Å². The van der Waals surface area contributed by atoms with Gasteiger partial charge in [0.2, 0.25) is 0 Å². The minimum absolute atomic E-state index is 0.514. The molecule has 76 valence electrons. The normalized spacial score (nSPS) is 48.7. The van der Waals surface area contributed by atoms with E-state index >= 15 is 0 Å². The van der Waals surface area contributed by atoms with E-state index in [1.54, 1.807) is 0 Å². The maximum Gasteiger partial charge on any atom is 0.0130 e. The van der Waals surface area contributed by atoms with Gasteiger partial charge in [0.1, 0.15) is 0 Å². The van der Waals surface area contributed by atoms with E-state index in [4.69, 9.17) is 5.73 Å². The summed E-state index contributed by atoms with van der Waals surface area (Å²) in [6.07, 6.45) is 2.82. The molecule has 0 radical (unpaired) electrons. The molecule has 0 aliphatic heterocycles. The van der Waals surface area contributed by atoms with Crippen molar-refractivity contribution in [1.29, 1.82) is 0 Å². The zero-order valence-corrected chi connectivity index (χ0v) is 9.38. The molecule has 2 saturated carbocycles. The van der Waals surface area contributed by atoms with E-state index in [-0.39, 0.29) is 0 Å². The average Bonchev–Trinajstić information content (AvgIpc) is 2.76. The van der Waals surface area contributed by atoms with Gasteiger partial charge in [-0.1, -0.05) is 27.7 Å². The van der Waals surface area contributed by atoms with Crippen LogP contribution in [-0.2, 0) is 0 Å². The molecule has 4 unspecified atom stereocenters. The molecule has 2 rings (SSSR count). The molecule has 0 heterocycles. The number of hydrogen-bond acceptors (Lipinski definition) is 1. The summed E-state index contributed by atoms with van der Waals surface area (Å²) in [5.41, 5.74) is 6.89. The second kappa shape index (κ2) is 2.73. The highest BCUT2D eigenvalue weighted by Gasteiger charge is 2.67. The Morgan fingerprint density at radius 3 is 2.00 bits per heavy atom. The van der Waals surface area contributed by atoms with Crippen LogP contribution in [0, 0.1) is 29.1 Å². The van der Waals surface area contributed by atoms with Gasteiger partial charge in [-0.25, -0.2) is 0 Å². The predicted octanol–water partition coefficient (Wildman–Crippen LogP) is 2.65. The number of nitrogens with two attached hydrogens (primary N) is 1. The van der Waals surface area contributed by atoms with E-state index in [1.165, 1.54) is 12.8 Å². The SMILES string of the molecule is CC(C)C1CC2(CC2C(C)C)C1N. The van der Waals surface area contributed by atoms with Crippen molar-refractivity contribution in [3.8, 4) is 0 Å². The second-order valence-corrected chi connectivity index (χ2v) is 5.93. The molecular formula is C12H23N. The van der Waals surface area contributed by atoms with Gasteiger partial charge in [-0.15, -0.1) is 0 Å². The zero-order chi connectivity index (χ0) is 9.80. The van der Waals surface area contributed by atoms with Gasteiger partial charge in [-0.2, -0.15) is 0 Å². The predicted molar refractivity (Wildman–Crippen MR) is 56.3 cm³/mol. The van der Waals surface area contributed by atoms with Crippen LogP contribution in [-0.4, -0.2) is 6.04 Å². The molecule has 1 nitrogen and oxygen atoms in total. The Labute approximate surface area is 82.1 Å². The summed E-state index contributed by atoms with van der Waals surface area (Å²) in [5, 5.41) is 0. The highest BCUT2D eigenvalue weighted by atomic mass is 14.9. The Balaban J connectivity index is 1.95. The first-order valence-electron chi connectivity index (χ1n) is 5.74. The van der Waals surface area contributed by atoms with E-state index < -0.39 is 0 Å². The minimum Gasteiger partial charge on any atom is -0.327 e. The van der Waals surface area contributed by atoms with E-state index in [0.29, 0.717) is 11.5 Å². The second-order valence-electron chi connectivity index (χ2n) is 5.93. The fourth-order valence-electron chi connectivity index (χ4n) is 3.49. The molecule has 2 fully saturated rings. The van der Waals surface area contributed by atoms with Gasteiger partial charge < -0.3 is 5.73 Å². The average molecular weight is 181 g/mol. The summed E-state index contributed by atoms with van der Waals surface area (Å²) in [6.45, 7) is 9.30. The first-order valence-corrected chi connectivity index (χ1v) is 5.74. The molecule has 1 heteroatoms. The van der Waals surface area contributed by atoms with Gasteiger partial charge in [-0.05, 0) is 41.9 Å². The molecule has 2 aliphatic carbocycles. The molecule has 0 bridgehead atoms. The van der Waals surface area contributed by atoms with Crippen molar-refractivity contribution in [1.82, 2.24) is 0 Å². The quantitative estimate of drug-likeness (QED) is 0.696.